The molecule has 1 atom stereocenters. The van der Waals surface area contributed by atoms with E-state index in [0.29, 0.717) is 30.4 Å². The van der Waals surface area contributed by atoms with Gasteiger partial charge in [0.15, 0.2) is 11.6 Å². The Labute approximate surface area is 77.4 Å². The number of aliphatic hydroxyl groups is 1. The van der Waals surface area contributed by atoms with Gasteiger partial charge >= 0.3 is 0 Å². The molecule has 0 spiro atoms. The second-order valence-corrected chi connectivity index (χ2v) is 3.28. The summed E-state index contributed by atoms with van der Waals surface area (Å²) in [5, 5.41) is 9.44. The van der Waals surface area contributed by atoms with Gasteiger partial charge in [0.2, 0.25) is 0 Å². The lowest BCUT2D eigenvalue weighted by Gasteiger charge is -2.04. The number of ketones is 2. The summed E-state index contributed by atoms with van der Waals surface area (Å²) in [7, 11) is 0. The molecule has 1 N–H and O–H groups in total. The van der Waals surface area contributed by atoms with E-state index in [0.717, 1.165) is 0 Å². The van der Waals surface area contributed by atoms with E-state index in [2.05, 4.69) is 0 Å². The van der Waals surface area contributed by atoms with E-state index in [1.54, 1.807) is 6.92 Å². The molecule has 0 saturated heterocycles. The molecule has 0 bridgehead atoms. The number of carbonyl (C=O) groups is 2. The molecule has 1 unspecified atom stereocenters. The third-order valence-electron chi connectivity index (χ3n) is 2.36. The van der Waals surface area contributed by atoms with Crippen molar-refractivity contribution in [2.75, 3.05) is 0 Å². The number of hydrogen-bond donors (Lipinski definition) is 1. The zero-order valence-electron chi connectivity index (χ0n) is 7.96. The predicted octanol–water partition coefficient (Wildman–Crippen LogP) is 1.01. The molecule has 0 aromatic carbocycles. The lowest BCUT2D eigenvalue weighted by Crippen LogP contribution is -2.13. The summed E-state index contributed by atoms with van der Waals surface area (Å²) in [6.07, 6.45) is 0.736. The number of Topliss-reactive ketones (excluding diaryl/α,β-unsaturated/α-hetero) is 2. The predicted molar refractivity (Wildman–Crippen MR) is 48.2 cm³/mol. The number of hydrogen-bond acceptors (Lipinski definition) is 3. The molecule has 0 radical (unpaired) electrons. The Morgan fingerprint density at radius 1 is 1.54 bits per heavy atom. The maximum Gasteiger partial charge on any atom is 0.159 e. The van der Waals surface area contributed by atoms with Crippen molar-refractivity contribution in [1.29, 1.82) is 0 Å². The number of aliphatic hydroxyl groups excluding tert-OH is 1. The second kappa shape index (κ2) is 3.83. The minimum atomic E-state index is -0.719. The first kappa shape index (κ1) is 10.1. The van der Waals surface area contributed by atoms with E-state index in [9.17, 15) is 14.7 Å². The van der Waals surface area contributed by atoms with Gasteiger partial charge in [-0.3, -0.25) is 9.59 Å². The van der Waals surface area contributed by atoms with Gasteiger partial charge < -0.3 is 5.11 Å². The van der Waals surface area contributed by atoms with Crippen molar-refractivity contribution in [2.45, 2.75) is 39.2 Å². The molecule has 0 aliphatic heterocycles. The van der Waals surface area contributed by atoms with Gasteiger partial charge in [-0.1, -0.05) is 6.92 Å². The van der Waals surface area contributed by atoms with E-state index in [4.69, 9.17) is 0 Å². The van der Waals surface area contributed by atoms with Crippen LogP contribution in [0, 0.1) is 0 Å². The summed E-state index contributed by atoms with van der Waals surface area (Å²) in [6, 6.07) is 0. The number of carbonyl (C=O) groups excluding carboxylic acids is 2. The van der Waals surface area contributed by atoms with Crippen LogP contribution in [0.25, 0.3) is 0 Å². The van der Waals surface area contributed by atoms with Crippen molar-refractivity contribution >= 4 is 11.6 Å². The molecule has 0 heterocycles. The first-order chi connectivity index (χ1) is 6.07. The van der Waals surface area contributed by atoms with Gasteiger partial charge in [-0.05, 0) is 19.8 Å². The van der Waals surface area contributed by atoms with Gasteiger partial charge in [-0.2, -0.15) is 0 Å². The molecule has 1 aliphatic rings. The van der Waals surface area contributed by atoms with Crippen LogP contribution >= 0.6 is 0 Å². The van der Waals surface area contributed by atoms with Crippen molar-refractivity contribution in [3.63, 3.8) is 0 Å². The van der Waals surface area contributed by atoms with E-state index in [1.165, 1.54) is 6.92 Å². The Bertz CT molecular complexity index is 276. The standard InChI is InChI=1S/C10H14O3/c1-3-8(12)7-4-5-9(13)10(7)6(2)11/h9,13H,3-5H2,1-2H3. The highest BCUT2D eigenvalue weighted by Gasteiger charge is 2.29. The second-order valence-electron chi connectivity index (χ2n) is 3.28. The highest BCUT2D eigenvalue weighted by atomic mass is 16.3. The fourth-order valence-electron chi connectivity index (χ4n) is 1.71. The van der Waals surface area contributed by atoms with Gasteiger partial charge in [0, 0.05) is 17.6 Å². The maximum absolute atomic E-state index is 11.4. The van der Waals surface area contributed by atoms with Crippen LogP contribution in [-0.4, -0.2) is 22.8 Å². The van der Waals surface area contributed by atoms with E-state index in [-0.39, 0.29) is 11.6 Å². The molecule has 0 fully saturated rings. The van der Waals surface area contributed by atoms with Gasteiger partial charge in [-0.25, -0.2) is 0 Å². The van der Waals surface area contributed by atoms with Crippen molar-refractivity contribution in [1.82, 2.24) is 0 Å². The van der Waals surface area contributed by atoms with Crippen LogP contribution in [-0.2, 0) is 9.59 Å². The molecule has 3 heteroatoms. The highest BCUT2D eigenvalue weighted by Crippen LogP contribution is 2.28. The van der Waals surface area contributed by atoms with E-state index < -0.39 is 6.10 Å². The van der Waals surface area contributed by atoms with Crippen molar-refractivity contribution in [2.24, 2.45) is 0 Å². The molecule has 13 heavy (non-hydrogen) atoms. The van der Waals surface area contributed by atoms with Crippen LogP contribution in [0.3, 0.4) is 0 Å². The molecule has 3 nitrogen and oxygen atoms in total. The van der Waals surface area contributed by atoms with Gasteiger partial charge in [0.05, 0.1) is 6.10 Å². The third kappa shape index (κ3) is 1.86. The summed E-state index contributed by atoms with van der Waals surface area (Å²) in [4.78, 5) is 22.5. The number of rotatable bonds is 3. The third-order valence-corrected chi connectivity index (χ3v) is 2.36. The fourth-order valence-corrected chi connectivity index (χ4v) is 1.71. The van der Waals surface area contributed by atoms with Gasteiger partial charge in [-0.15, -0.1) is 0 Å². The van der Waals surface area contributed by atoms with Crippen LogP contribution in [0.4, 0.5) is 0 Å². The Hall–Kier alpha value is -0.960. The smallest absolute Gasteiger partial charge is 0.159 e. The van der Waals surface area contributed by atoms with Crippen LogP contribution in [0.5, 0.6) is 0 Å². The first-order valence-corrected chi connectivity index (χ1v) is 4.53. The fraction of sp³-hybridized carbons (Fsp3) is 0.600. The SMILES string of the molecule is CCC(=O)C1=C(C(C)=O)C(O)CC1. The van der Waals surface area contributed by atoms with Crippen molar-refractivity contribution < 1.29 is 14.7 Å². The molecule has 0 aromatic heterocycles. The van der Waals surface area contributed by atoms with Crippen LogP contribution < -0.4 is 0 Å². The number of allylic oxidation sites excluding steroid dienone is 1. The molecule has 0 amide bonds. The normalized spacial score (nSPS) is 22.2. The molecule has 1 aliphatic carbocycles. The van der Waals surface area contributed by atoms with Crippen LogP contribution in [0.1, 0.15) is 33.1 Å². The maximum atomic E-state index is 11.4. The average molecular weight is 182 g/mol. The zero-order chi connectivity index (χ0) is 10.0. The van der Waals surface area contributed by atoms with E-state index in [1.807, 2.05) is 0 Å². The van der Waals surface area contributed by atoms with Crippen LogP contribution in [0.15, 0.2) is 11.1 Å². The molecular formula is C10H14O3. The van der Waals surface area contributed by atoms with E-state index >= 15 is 0 Å². The van der Waals surface area contributed by atoms with Gasteiger partial charge in [0.1, 0.15) is 0 Å². The molecule has 0 aromatic rings. The Kier molecular flexibility index (Phi) is 2.98. The quantitative estimate of drug-likeness (QED) is 0.708. The summed E-state index contributed by atoms with van der Waals surface area (Å²) < 4.78 is 0. The summed E-state index contributed by atoms with van der Waals surface area (Å²) in [5.74, 6) is -0.191. The lowest BCUT2D eigenvalue weighted by atomic mass is 10.0. The van der Waals surface area contributed by atoms with Crippen LogP contribution in [0.2, 0.25) is 0 Å². The topological polar surface area (TPSA) is 54.4 Å². The molecule has 1 rings (SSSR count). The molecular weight excluding hydrogens is 168 g/mol. The largest absolute Gasteiger partial charge is 0.388 e. The van der Waals surface area contributed by atoms with Crippen molar-refractivity contribution in [3.05, 3.63) is 11.1 Å². The Morgan fingerprint density at radius 3 is 2.62 bits per heavy atom. The average Bonchev–Trinajstić information content (AvgIpc) is 2.45. The summed E-state index contributed by atoms with van der Waals surface area (Å²) in [6.45, 7) is 3.16. The Balaban J connectivity index is 3.02. The molecule has 72 valence electrons. The Morgan fingerprint density at radius 2 is 2.15 bits per heavy atom. The minimum Gasteiger partial charge on any atom is -0.388 e. The summed E-state index contributed by atoms with van der Waals surface area (Å²) in [5.41, 5.74) is 0.884. The molecule has 0 saturated carbocycles. The zero-order valence-corrected chi connectivity index (χ0v) is 7.96. The van der Waals surface area contributed by atoms with Gasteiger partial charge in [0.25, 0.3) is 0 Å². The lowest BCUT2D eigenvalue weighted by molar-refractivity contribution is -0.117. The monoisotopic (exact) mass is 182 g/mol. The minimum absolute atomic E-state index is 0.0123. The summed E-state index contributed by atoms with van der Waals surface area (Å²) >= 11 is 0. The first-order valence-electron chi connectivity index (χ1n) is 4.53. The van der Waals surface area contributed by atoms with Crippen molar-refractivity contribution in [3.8, 4) is 0 Å². The highest BCUT2D eigenvalue weighted by molar-refractivity contribution is 6.06.